The monoisotopic (exact) mass is 427 g/mol. The SMILES string of the molecule is O=C(CCNS(=O)(=O)c1cccc(Br)c1)NCCNc1ncccn1. The van der Waals surface area contributed by atoms with Crippen molar-refractivity contribution in [1.82, 2.24) is 20.0 Å². The first-order valence-electron chi connectivity index (χ1n) is 7.50. The van der Waals surface area contributed by atoms with E-state index in [-0.39, 0.29) is 23.8 Å². The minimum atomic E-state index is -3.63. The van der Waals surface area contributed by atoms with E-state index in [1.54, 1.807) is 30.6 Å². The Morgan fingerprint density at radius 3 is 2.56 bits per heavy atom. The molecule has 0 atom stereocenters. The highest BCUT2D eigenvalue weighted by Crippen LogP contribution is 2.15. The van der Waals surface area contributed by atoms with Crippen LogP contribution in [0, 0.1) is 0 Å². The van der Waals surface area contributed by atoms with Crippen molar-refractivity contribution in [3.8, 4) is 0 Å². The maximum Gasteiger partial charge on any atom is 0.240 e. The highest BCUT2D eigenvalue weighted by molar-refractivity contribution is 9.10. The van der Waals surface area contributed by atoms with Crippen molar-refractivity contribution in [1.29, 1.82) is 0 Å². The summed E-state index contributed by atoms with van der Waals surface area (Å²) in [5.74, 6) is 0.242. The summed E-state index contributed by atoms with van der Waals surface area (Å²) >= 11 is 3.23. The van der Waals surface area contributed by atoms with Crippen LogP contribution in [0.5, 0.6) is 0 Å². The molecule has 0 aliphatic heterocycles. The lowest BCUT2D eigenvalue weighted by Gasteiger charge is -2.08. The fraction of sp³-hybridized carbons (Fsp3) is 0.267. The van der Waals surface area contributed by atoms with Crippen LogP contribution in [0.15, 0.2) is 52.1 Å². The summed E-state index contributed by atoms with van der Waals surface area (Å²) in [5, 5.41) is 5.64. The molecule has 2 aromatic rings. The van der Waals surface area contributed by atoms with Crippen molar-refractivity contribution < 1.29 is 13.2 Å². The molecule has 0 saturated carbocycles. The van der Waals surface area contributed by atoms with Gasteiger partial charge in [-0.15, -0.1) is 0 Å². The Labute approximate surface area is 154 Å². The average Bonchev–Trinajstić information content (AvgIpc) is 2.59. The van der Waals surface area contributed by atoms with E-state index in [0.717, 1.165) is 0 Å². The van der Waals surface area contributed by atoms with Crippen molar-refractivity contribution in [2.75, 3.05) is 25.0 Å². The van der Waals surface area contributed by atoms with Gasteiger partial charge in [-0.25, -0.2) is 23.1 Å². The van der Waals surface area contributed by atoms with Gasteiger partial charge in [-0.1, -0.05) is 22.0 Å². The lowest BCUT2D eigenvalue weighted by Crippen LogP contribution is -2.33. The smallest absolute Gasteiger partial charge is 0.240 e. The van der Waals surface area contributed by atoms with Crippen LogP contribution in [0.1, 0.15) is 6.42 Å². The van der Waals surface area contributed by atoms with Crippen LogP contribution in [0.3, 0.4) is 0 Å². The maximum absolute atomic E-state index is 12.1. The van der Waals surface area contributed by atoms with Gasteiger partial charge in [0.25, 0.3) is 0 Å². The van der Waals surface area contributed by atoms with Gasteiger partial charge in [-0.3, -0.25) is 4.79 Å². The number of sulfonamides is 1. The lowest BCUT2D eigenvalue weighted by atomic mass is 10.4. The molecule has 3 N–H and O–H groups in total. The number of rotatable bonds is 9. The molecule has 2 rings (SSSR count). The molecule has 0 unspecified atom stereocenters. The number of hydrogen-bond donors (Lipinski definition) is 3. The fourth-order valence-electron chi connectivity index (χ4n) is 1.87. The molecule has 10 heteroatoms. The summed E-state index contributed by atoms with van der Waals surface area (Å²) in [6, 6.07) is 8.07. The van der Waals surface area contributed by atoms with E-state index in [0.29, 0.717) is 23.5 Å². The molecule has 0 saturated heterocycles. The molecule has 1 heterocycles. The largest absolute Gasteiger partial charge is 0.354 e. The number of aromatic nitrogens is 2. The van der Waals surface area contributed by atoms with Crippen molar-refractivity contribution in [2.24, 2.45) is 0 Å². The number of carbonyl (C=O) groups excluding carboxylic acids is 1. The van der Waals surface area contributed by atoms with E-state index in [1.807, 2.05) is 0 Å². The van der Waals surface area contributed by atoms with Gasteiger partial charge >= 0.3 is 0 Å². The Hall–Kier alpha value is -2.04. The maximum atomic E-state index is 12.1. The molecule has 0 fully saturated rings. The third-order valence-electron chi connectivity index (χ3n) is 3.05. The zero-order valence-corrected chi connectivity index (χ0v) is 15.7. The summed E-state index contributed by atoms with van der Waals surface area (Å²) in [7, 11) is -3.63. The molecular formula is C15H18BrN5O3S. The Morgan fingerprint density at radius 2 is 1.84 bits per heavy atom. The molecule has 134 valence electrons. The second-order valence-corrected chi connectivity index (χ2v) is 7.64. The molecule has 0 spiro atoms. The van der Waals surface area contributed by atoms with E-state index >= 15 is 0 Å². The molecular weight excluding hydrogens is 410 g/mol. The van der Waals surface area contributed by atoms with E-state index in [9.17, 15) is 13.2 Å². The molecule has 8 nitrogen and oxygen atoms in total. The van der Waals surface area contributed by atoms with Gasteiger partial charge in [0.15, 0.2) is 0 Å². The molecule has 0 bridgehead atoms. The fourth-order valence-corrected chi connectivity index (χ4v) is 3.50. The Kier molecular flexibility index (Phi) is 7.29. The van der Waals surface area contributed by atoms with Crippen LogP contribution in [-0.2, 0) is 14.8 Å². The number of hydrogen-bond acceptors (Lipinski definition) is 6. The highest BCUT2D eigenvalue weighted by atomic mass is 79.9. The Balaban J connectivity index is 1.66. The highest BCUT2D eigenvalue weighted by Gasteiger charge is 2.14. The van der Waals surface area contributed by atoms with E-state index in [1.165, 1.54) is 12.1 Å². The minimum Gasteiger partial charge on any atom is -0.354 e. The van der Waals surface area contributed by atoms with Crippen LogP contribution >= 0.6 is 15.9 Å². The van der Waals surface area contributed by atoms with Crippen molar-refractivity contribution in [3.63, 3.8) is 0 Å². The first-order chi connectivity index (χ1) is 12.0. The first-order valence-corrected chi connectivity index (χ1v) is 9.78. The van der Waals surface area contributed by atoms with Gasteiger partial charge in [0.1, 0.15) is 0 Å². The predicted molar refractivity (Wildman–Crippen MR) is 97.5 cm³/mol. The number of anilines is 1. The molecule has 0 aliphatic rings. The molecule has 1 aromatic carbocycles. The summed E-state index contributed by atoms with van der Waals surface area (Å²) in [4.78, 5) is 19.8. The van der Waals surface area contributed by atoms with Crippen LogP contribution in [-0.4, -0.2) is 43.9 Å². The normalized spacial score (nSPS) is 11.1. The molecule has 1 aromatic heterocycles. The Morgan fingerprint density at radius 1 is 1.08 bits per heavy atom. The van der Waals surface area contributed by atoms with Crippen LogP contribution in [0.25, 0.3) is 0 Å². The van der Waals surface area contributed by atoms with Crippen LogP contribution in [0.2, 0.25) is 0 Å². The number of nitrogens with zero attached hydrogens (tertiary/aromatic N) is 2. The van der Waals surface area contributed by atoms with Gasteiger partial charge in [-0.2, -0.15) is 0 Å². The zero-order chi connectivity index (χ0) is 18.1. The third-order valence-corrected chi connectivity index (χ3v) is 5.00. The summed E-state index contributed by atoms with van der Waals surface area (Å²) < 4.78 is 27.3. The van der Waals surface area contributed by atoms with E-state index in [4.69, 9.17) is 0 Å². The number of amides is 1. The molecule has 25 heavy (non-hydrogen) atoms. The standard InChI is InChI=1S/C15H18BrN5O3S/c16-12-3-1-4-13(11-12)25(23,24)21-8-5-14(22)17-9-10-20-15-18-6-2-7-19-15/h1-4,6-7,11,21H,5,8-10H2,(H,17,22)(H,18,19,20). The summed E-state index contributed by atoms with van der Waals surface area (Å²) in [5.41, 5.74) is 0. The van der Waals surface area contributed by atoms with Gasteiger partial charge < -0.3 is 10.6 Å². The minimum absolute atomic E-state index is 0.0237. The lowest BCUT2D eigenvalue weighted by molar-refractivity contribution is -0.120. The average molecular weight is 428 g/mol. The zero-order valence-electron chi connectivity index (χ0n) is 13.3. The van der Waals surface area contributed by atoms with Crippen molar-refractivity contribution in [2.45, 2.75) is 11.3 Å². The van der Waals surface area contributed by atoms with Crippen LogP contribution < -0.4 is 15.4 Å². The first kappa shape index (κ1) is 19.3. The van der Waals surface area contributed by atoms with Gasteiger partial charge in [0.05, 0.1) is 4.90 Å². The van der Waals surface area contributed by atoms with Crippen molar-refractivity contribution in [3.05, 3.63) is 47.2 Å². The van der Waals surface area contributed by atoms with Gasteiger partial charge in [0, 0.05) is 42.9 Å². The quantitative estimate of drug-likeness (QED) is 0.517. The van der Waals surface area contributed by atoms with Crippen molar-refractivity contribution >= 4 is 37.8 Å². The second-order valence-electron chi connectivity index (χ2n) is 4.95. The molecule has 0 aliphatic carbocycles. The Bertz CT molecular complexity index is 802. The summed E-state index contributed by atoms with van der Waals surface area (Å²) in [6.45, 7) is 0.880. The second kappa shape index (κ2) is 9.44. The summed E-state index contributed by atoms with van der Waals surface area (Å²) in [6.07, 6.45) is 3.28. The number of nitrogens with one attached hydrogen (secondary N) is 3. The van der Waals surface area contributed by atoms with E-state index in [2.05, 4.69) is 41.3 Å². The van der Waals surface area contributed by atoms with Gasteiger partial charge in [0.2, 0.25) is 21.9 Å². The molecule has 1 amide bonds. The molecule has 0 radical (unpaired) electrons. The van der Waals surface area contributed by atoms with E-state index < -0.39 is 10.0 Å². The van der Waals surface area contributed by atoms with Crippen LogP contribution in [0.4, 0.5) is 5.95 Å². The number of benzene rings is 1. The topological polar surface area (TPSA) is 113 Å². The predicted octanol–water partition coefficient (Wildman–Crippen LogP) is 1.14. The third kappa shape index (κ3) is 6.77. The number of carbonyl (C=O) groups is 1. The number of halogens is 1. The van der Waals surface area contributed by atoms with Gasteiger partial charge in [-0.05, 0) is 24.3 Å².